The van der Waals surface area contributed by atoms with Gasteiger partial charge in [-0.15, -0.1) is 0 Å². The van der Waals surface area contributed by atoms with E-state index in [1.807, 2.05) is 0 Å². The Balaban J connectivity index is 1.51. The van der Waals surface area contributed by atoms with Crippen molar-refractivity contribution < 1.29 is 0 Å². The van der Waals surface area contributed by atoms with Crippen LogP contribution in [0.15, 0.2) is 66.7 Å². The van der Waals surface area contributed by atoms with Gasteiger partial charge in [-0.05, 0) is 97.2 Å². The number of aryl methyl sites for hydroxylation is 2. The van der Waals surface area contributed by atoms with Crippen LogP contribution in [0.3, 0.4) is 0 Å². The number of rotatable bonds is 8. The third kappa shape index (κ3) is 8.41. The minimum atomic E-state index is 0.596. The third-order valence-electron chi connectivity index (χ3n) is 7.55. The highest BCUT2D eigenvalue weighted by Crippen LogP contribution is 2.34. The van der Waals surface area contributed by atoms with Gasteiger partial charge in [0, 0.05) is 22.3 Å². The summed E-state index contributed by atoms with van der Waals surface area (Å²) in [6, 6.07) is 24.3. The minimum Gasteiger partial charge on any atom is -0.0654 e. The van der Waals surface area contributed by atoms with E-state index >= 15 is 0 Å². The molecule has 1 aliphatic carbocycles. The molecule has 1 saturated carbocycles. The molecule has 0 aliphatic heterocycles. The Kier molecular flexibility index (Phi) is 10.5. The van der Waals surface area contributed by atoms with Gasteiger partial charge in [-0.3, -0.25) is 0 Å². The zero-order chi connectivity index (χ0) is 25.7. The number of hydrogen-bond donors (Lipinski definition) is 0. The number of hydrogen-bond acceptors (Lipinski definition) is 0. The first kappa shape index (κ1) is 26.8. The fraction of sp³-hybridized carbons (Fsp3) is 0.405. The topological polar surface area (TPSA) is 0 Å². The Morgan fingerprint density at radius 1 is 0.568 bits per heavy atom. The average molecular weight is 487 g/mol. The average Bonchev–Trinajstić information content (AvgIpc) is 2.95. The van der Waals surface area contributed by atoms with Crippen LogP contribution in [0, 0.1) is 23.7 Å². The number of benzene rings is 3. The molecule has 4 rings (SSSR count). The van der Waals surface area contributed by atoms with Gasteiger partial charge in [0.25, 0.3) is 0 Å². The zero-order valence-electron chi connectivity index (χ0n) is 22.9. The molecule has 0 unspecified atom stereocenters. The maximum absolute atomic E-state index is 3.51. The molecular formula is C37H42. The molecule has 0 bridgehead atoms. The van der Waals surface area contributed by atoms with E-state index in [0.29, 0.717) is 5.92 Å². The van der Waals surface area contributed by atoms with E-state index in [4.69, 9.17) is 0 Å². The molecule has 0 amide bonds. The maximum Gasteiger partial charge on any atom is 0.0284 e. The number of unbranched alkanes of at least 4 members (excludes halogenated alkanes) is 3. The van der Waals surface area contributed by atoms with Gasteiger partial charge in [0.1, 0.15) is 0 Å². The SMILES string of the molecule is CCCCCCc1ccc(C#Cc2ccc(C#Cc3ccc(CCC)cc3)c(C3CCCCC3)c2)cc1. The van der Waals surface area contributed by atoms with E-state index in [2.05, 4.69) is 104 Å². The van der Waals surface area contributed by atoms with Crippen LogP contribution in [0.25, 0.3) is 0 Å². The zero-order valence-corrected chi connectivity index (χ0v) is 22.9. The first-order valence-electron chi connectivity index (χ1n) is 14.6. The summed E-state index contributed by atoms with van der Waals surface area (Å²) >= 11 is 0. The molecule has 0 heterocycles. The van der Waals surface area contributed by atoms with E-state index in [1.165, 1.54) is 92.9 Å². The second kappa shape index (κ2) is 14.5. The van der Waals surface area contributed by atoms with Gasteiger partial charge in [-0.25, -0.2) is 0 Å². The van der Waals surface area contributed by atoms with Crippen LogP contribution in [0.2, 0.25) is 0 Å². The molecule has 0 heteroatoms. The normalized spacial score (nSPS) is 13.4. The first-order chi connectivity index (χ1) is 18.2. The molecule has 0 radical (unpaired) electrons. The largest absolute Gasteiger partial charge is 0.0654 e. The Morgan fingerprint density at radius 3 is 1.81 bits per heavy atom. The van der Waals surface area contributed by atoms with Gasteiger partial charge < -0.3 is 0 Å². The van der Waals surface area contributed by atoms with Crippen LogP contribution in [0.4, 0.5) is 0 Å². The lowest BCUT2D eigenvalue weighted by atomic mass is 9.81. The van der Waals surface area contributed by atoms with Gasteiger partial charge in [0.2, 0.25) is 0 Å². The smallest absolute Gasteiger partial charge is 0.0284 e. The molecule has 190 valence electrons. The molecule has 0 saturated heterocycles. The summed E-state index contributed by atoms with van der Waals surface area (Å²) in [5, 5.41) is 0. The molecule has 3 aromatic rings. The van der Waals surface area contributed by atoms with E-state index < -0.39 is 0 Å². The van der Waals surface area contributed by atoms with Gasteiger partial charge in [-0.1, -0.05) is 107 Å². The van der Waals surface area contributed by atoms with Crippen molar-refractivity contribution in [2.45, 2.75) is 96.8 Å². The Bertz CT molecular complexity index is 1230. The highest BCUT2D eigenvalue weighted by atomic mass is 14.2. The van der Waals surface area contributed by atoms with E-state index in [9.17, 15) is 0 Å². The predicted octanol–water partition coefficient (Wildman–Crippen LogP) is 9.61. The summed E-state index contributed by atoms with van der Waals surface area (Å²) in [5.74, 6) is 14.4. The summed E-state index contributed by atoms with van der Waals surface area (Å²) in [6.07, 6.45) is 15.2. The summed E-state index contributed by atoms with van der Waals surface area (Å²) in [7, 11) is 0. The molecule has 0 atom stereocenters. The molecule has 0 spiro atoms. The van der Waals surface area contributed by atoms with Gasteiger partial charge in [0.05, 0.1) is 0 Å². The fourth-order valence-corrected chi connectivity index (χ4v) is 5.34. The van der Waals surface area contributed by atoms with E-state index in [0.717, 1.165) is 23.1 Å². The van der Waals surface area contributed by atoms with Crippen LogP contribution in [0.1, 0.15) is 123 Å². The van der Waals surface area contributed by atoms with Crippen molar-refractivity contribution in [1.82, 2.24) is 0 Å². The Hall–Kier alpha value is -3.22. The molecular weight excluding hydrogens is 444 g/mol. The van der Waals surface area contributed by atoms with Crippen molar-refractivity contribution in [3.8, 4) is 23.7 Å². The van der Waals surface area contributed by atoms with Crippen LogP contribution in [-0.2, 0) is 12.8 Å². The maximum atomic E-state index is 3.51. The van der Waals surface area contributed by atoms with E-state index in [-0.39, 0.29) is 0 Å². The molecule has 3 aromatic carbocycles. The highest BCUT2D eigenvalue weighted by molar-refractivity contribution is 5.53. The quantitative estimate of drug-likeness (QED) is 0.220. The van der Waals surface area contributed by atoms with Crippen molar-refractivity contribution in [2.75, 3.05) is 0 Å². The monoisotopic (exact) mass is 486 g/mol. The van der Waals surface area contributed by atoms with Gasteiger partial charge >= 0.3 is 0 Å². The van der Waals surface area contributed by atoms with Crippen LogP contribution in [-0.4, -0.2) is 0 Å². The molecule has 0 nitrogen and oxygen atoms in total. The Morgan fingerprint density at radius 2 is 1.16 bits per heavy atom. The summed E-state index contributed by atoms with van der Waals surface area (Å²) in [4.78, 5) is 0. The minimum absolute atomic E-state index is 0.596. The van der Waals surface area contributed by atoms with Gasteiger partial charge in [0.15, 0.2) is 0 Å². The second-order valence-electron chi connectivity index (χ2n) is 10.6. The molecule has 0 N–H and O–H groups in total. The van der Waals surface area contributed by atoms with Crippen LogP contribution < -0.4 is 0 Å². The summed E-state index contributed by atoms with van der Waals surface area (Å²) in [6.45, 7) is 4.49. The van der Waals surface area contributed by atoms with Crippen LogP contribution in [0.5, 0.6) is 0 Å². The molecule has 1 aliphatic rings. The van der Waals surface area contributed by atoms with Crippen molar-refractivity contribution >= 4 is 0 Å². The highest BCUT2D eigenvalue weighted by Gasteiger charge is 2.18. The second-order valence-corrected chi connectivity index (χ2v) is 10.6. The lowest BCUT2D eigenvalue weighted by Crippen LogP contribution is -2.06. The third-order valence-corrected chi connectivity index (χ3v) is 7.55. The molecule has 0 aromatic heterocycles. The fourth-order valence-electron chi connectivity index (χ4n) is 5.34. The first-order valence-corrected chi connectivity index (χ1v) is 14.6. The van der Waals surface area contributed by atoms with Crippen LogP contribution >= 0.6 is 0 Å². The Labute approximate surface area is 225 Å². The standard InChI is InChI=1S/C37H42/c1-3-5-6-8-12-31-17-21-32(22-18-31)23-24-34-26-28-36(37(29-34)35-13-9-7-10-14-35)27-25-33-19-15-30(11-4-2)16-20-33/h15-22,26,28-29,35H,3-14H2,1-2H3. The van der Waals surface area contributed by atoms with Crippen molar-refractivity contribution in [1.29, 1.82) is 0 Å². The lowest BCUT2D eigenvalue weighted by molar-refractivity contribution is 0.443. The molecule has 1 fully saturated rings. The van der Waals surface area contributed by atoms with Crippen molar-refractivity contribution in [2.24, 2.45) is 0 Å². The van der Waals surface area contributed by atoms with Gasteiger partial charge in [-0.2, -0.15) is 0 Å². The summed E-state index contributed by atoms with van der Waals surface area (Å²) < 4.78 is 0. The van der Waals surface area contributed by atoms with Crippen molar-refractivity contribution in [3.63, 3.8) is 0 Å². The predicted molar refractivity (Wildman–Crippen MR) is 159 cm³/mol. The molecule has 37 heavy (non-hydrogen) atoms. The summed E-state index contributed by atoms with van der Waals surface area (Å²) in [5.41, 5.74) is 8.65. The van der Waals surface area contributed by atoms with E-state index in [1.54, 1.807) is 0 Å². The lowest BCUT2D eigenvalue weighted by Gasteiger charge is -2.23. The van der Waals surface area contributed by atoms with Crippen molar-refractivity contribution in [3.05, 3.63) is 106 Å².